The van der Waals surface area contributed by atoms with Crippen molar-refractivity contribution in [3.8, 4) is 0 Å². The van der Waals surface area contributed by atoms with Crippen molar-refractivity contribution in [2.24, 2.45) is 0 Å². The Hall–Kier alpha value is -3.44. The molecule has 6 heteroatoms. The first kappa shape index (κ1) is 19.5. The fourth-order valence-corrected chi connectivity index (χ4v) is 4.39. The molecule has 0 spiro atoms. The van der Waals surface area contributed by atoms with Gasteiger partial charge in [0.25, 0.3) is 11.8 Å². The molecule has 0 saturated heterocycles. The number of amides is 2. The van der Waals surface area contributed by atoms with Crippen molar-refractivity contribution in [2.75, 3.05) is 16.3 Å². The van der Waals surface area contributed by atoms with Gasteiger partial charge in [0, 0.05) is 17.3 Å². The molecule has 3 aromatic carbocycles. The van der Waals surface area contributed by atoms with Crippen molar-refractivity contribution in [1.82, 2.24) is 0 Å². The Morgan fingerprint density at radius 2 is 1.65 bits per heavy atom. The number of anilines is 2. The van der Waals surface area contributed by atoms with Crippen LogP contribution in [0.2, 0.25) is 5.02 Å². The lowest BCUT2D eigenvalue weighted by atomic mass is 9.98. The summed E-state index contributed by atoms with van der Waals surface area (Å²) in [5, 5.41) is 0.535. The summed E-state index contributed by atoms with van der Waals surface area (Å²) in [7, 11) is 0. The first-order chi connectivity index (χ1) is 15.0. The first-order valence-corrected chi connectivity index (χ1v) is 10.4. The summed E-state index contributed by atoms with van der Waals surface area (Å²) in [5.41, 5.74) is 3.45. The highest BCUT2D eigenvalue weighted by Crippen LogP contribution is 2.39. The fraction of sp³-hybridized carbons (Fsp3) is 0.120. The van der Waals surface area contributed by atoms with Gasteiger partial charge in [0.1, 0.15) is 11.5 Å². The molecule has 2 amide bonds. The van der Waals surface area contributed by atoms with Crippen molar-refractivity contribution >= 4 is 40.4 Å². The normalized spacial score (nSPS) is 16.2. The van der Waals surface area contributed by atoms with Gasteiger partial charge in [-0.05, 0) is 60.4 Å². The van der Waals surface area contributed by atoms with Crippen LogP contribution in [0.3, 0.4) is 0 Å². The Balaban J connectivity index is 1.70. The van der Waals surface area contributed by atoms with Gasteiger partial charge in [-0.15, -0.1) is 0 Å². The lowest BCUT2D eigenvalue weighted by Gasteiger charge is -2.32. The van der Waals surface area contributed by atoms with Crippen LogP contribution in [0, 0.1) is 5.82 Å². The Morgan fingerprint density at radius 1 is 0.871 bits per heavy atom. The summed E-state index contributed by atoms with van der Waals surface area (Å²) in [5.74, 6) is -1.45. The number of para-hydroxylation sites is 1. The van der Waals surface area contributed by atoms with E-state index in [4.69, 9.17) is 11.6 Å². The summed E-state index contributed by atoms with van der Waals surface area (Å²) in [4.78, 5) is 30.2. The second kappa shape index (κ2) is 7.67. The molecule has 0 unspecified atom stereocenters. The van der Waals surface area contributed by atoms with Gasteiger partial charge in [0.15, 0.2) is 0 Å². The average molecular weight is 433 g/mol. The summed E-state index contributed by atoms with van der Waals surface area (Å²) in [6.45, 7) is 0.611. The molecule has 0 N–H and O–H groups in total. The van der Waals surface area contributed by atoms with E-state index in [-0.39, 0.29) is 5.69 Å². The molecule has 2 aliphatic rings. The van der Waals surface area contributed by atoms with Gasteiger partial charge in [0.2, 0.25) is 0 Å². The molecular weight excluding hydrogens is 415 g/mol. The number of nitrogens with zero attached hydrogens (tertiary/aromatic N) is 2. The van der Waals surface area contributed by atoms with Crippen LogP contribution >= 0.6 is 11.6 Å². The van der Waals surface area contributed by atoms with E-state index in [9.17, 15) is 14.0 Å². The molecule has 4 nitrogen and oxygen atoms in total. The lowest BCUT2D eigenvalue weighted by molar-refractivity contribution is -0.120. The van der Waals surface area contributed by atoms with Gasteiger partial charge < -0.3 is 4.90 Å². The number of halogens is 2. The maximum atomic E-state index is 13.9. The van der Waals surface area contributed by atoms with Gasteiger partial charge in [0.05, 0.1) is 11.3 Å². The van der Waals surface area contributed by atoms with E-state index >= 15 is 0 Å². The van der Waals surface area contributed by atoms with Gasteiger partial charge in [-0.3, -0.25) is 9.59 Å². The predicted molar refractivity (Wildman–Crippen MR) is 119 cm³/mol. The summed E-state index contributed by atoms with van der Waals surface area (Å²) in [6, 6.07) is 20.3. The SMILES string of the molecule is O=C1C(c2ccc(Cl)cc2)=C(N2CCCc3ccccc32)C(=O)N1c1cccc(F)c1. The van der Waals surface area contributed by atoms with Crippen LogP contribution in [0.25, 0.3) is 5.57 Å². The molecule has 3 aromatic rings. The van der Waals surface area contributed by atoms with Crippen LogP contribution in [-0.2, 0) is 16.0 Å². The van der Waals surface area contributed by atoms with Gasteiger partial charge >= 0.3 is 0 Å². The van der Waals surface area contributed by atoms with Crippen molar-refractivity contribution < 1.29 is 14.0 Å². The minimum Gasteiger partial charge on any atom is -0.336 e. The van der Waals surface area contributed by atoms with E-state index < -0.39 is 17.6 Å². The quantitative estimate of drug-likeness (QED) is 0.533. The van der Waals surface area contributed by atoms with Gasteiger partial charge in [-0.1, -0.05) is 48.0 Å². The van der Waals surface area contributed by atoms with Crippen molar-refractivity contribution in [3.05, 3.63) is 100 Å². The molecular formula is C25H18ClFN2O2. The number of imide groups is 1. The molecule has 0 aliphatic carbocycles. The predicted octanol–water partition coefficient (Wildman–Crippen LogP) is 5.22. The van der Waals surface area contributed by atoms with E-state index in [1.165, 1.54) is 18.2 Å². The van der Waals surface area contributed by atoms with E-state index in [1.807, 2.05) is 29.2 Å². The molecule has 2 aliphatic heterocycles. The number of carbonyl (C=O) groups excluding carboxylic acids is 2. The van der Waals surface area contributed by atoms with Crippen LogP contribution in [-0.4, -0.2) is 18.4 Å². The Kier molecular flexibility index (Phi) is 4.83. The van der Waals surface area contributed by atoms with Crippen LogP contribution in [0.1, 0.15) is 17.5 Å². The Bertz CT molecular complexity index is 1240. The molecule has 0 bridgehead atoms. The van der Waals surface area contributed by atoms with Crippen LogP contribution in [0.4, 0.5) is 15.8 Å². The Morgan fingerprint density at radius 3 is 2.42 bits per heavy atom. The smallest absolute Gasteiger partial charge is 0.282 e. The van der Waals surface area contributed by atoms with E-state index in [1.54, 1.807) is 30.3 Å². The minimum atomic E-state index is -0.511. The largest absolute Gasteiger partial charge is 0.336 e. The van der Waals surface area contributed by atoms with Crippen molar-refractivity contribution in [2.45, 2.75) is 12.8 Å². The highest BCUT2D eigenvalue weighted by molar-refractivity contribution is 6.46. The number of fused-ring (bicyclic) bond motifs is 1. The minimum absolute atomic E-state index is 0.210. The third kappa shape index (κ3) is 3.31. The molecule has 0 saturated carbocycles. The molecule has 2 heterocycles. The molecule has 0 aromatic heterocycles. The maximum Gasteiger partial charge on any atom is 0.282 e. The number of hydrogen-bond donors (Lipinski definition) is 0. The maximum absolute atomic E-state index is 13.9. The molecule has 154 valence electrons. The van der Waals surface area contributed by atoms with Gasteiger partial charge in [-0.25, -0.2) is 9.29 Å². The second-order valence-corrected chi connectivity index (χ2v) is 7.98. The standard InChI is InChI=1S/C25H18ClFN2O2/c26-18-12-10-17(11-13-18)22-23(28-14-4-6-16-5-1-2-9-21(16)28)25(31)29(24(22)30)20-8-3-7-19(27)15-20/h1-3,5,7-13,15H,4,6,14H2. The lowest BCUT2D eigenvalue weighted by Crippen LogP contribution is -2.37. The summed E-state index contributed by atoms with van der Waals surface area (Å²) >= 11 is 6.05. The van der Waals surface area contributed by atoms with Crippen LogP contribution in [0.5, 0.6) is 0 Å². The van der Waals surface area contributed by atoms with E-state index in [2.05, 4.69) is 0 Å². The van der Waals surface area contributed by atoms with Crippen LogP contribution < -0.4 is 9.80 Å². The number of rotatable bonds is 3. The summed E-state index contributed by atoms with van der Waals surface area (Å²) in [6.07, 6.45) is 1.77. The third-order valence-electron chi connectivity index (χ3n) is 5.64. The zero-order chi connectivity index (χ0) is 21.5. The number of aryl methyl sites for hydroxylation is 1. The molecule has 0 radical (unpaired) electrons. The first-order valence-electron chi connectivity index (χ1n) is 10.0. The monoisotopic (exact) mass is 432 g/mol. The highest BCUT2D eigenvalue weighted by atomic mass is 35.5. The van der Waals surface area contributed by atoms with Crippen molar-refractivity contribution in [3.63, 3.8) is 0 Å². The average Bonchev–Trinajstić information content (AvgIpc) is 3.04. The number of hydrogen-bond acceptors (Lipinski definition) is 3. The third-order valence-corrected chi connectivity index (χ3v) is 5.89. The van der Waals surface area contributed by atoms with E-state index in [0.29, 0.717) is 28.4 Å². The second-order valence-electron chi connectivity index (χ2n) is 7.54. The van der Waals surface area contributed by atoms with Crippen molar-refractivity contribution in [1.29, 1.82) is 0 Å². The fourth-order valence-electron chi connectivity index (χ4n) is 4.26. The Labute approximate surface area is 184 Å². The van der Waals surface area contributed by atoms with Crippen LogP contribution in [0.15, 0.2) is 78.5 Å². The molecule has 0 fully saturated rings. The summed E-state index contributed by atoms with van der Waals surface area (Å²) < 4.78 is 13.9. The zero-order valence-corrected chi connectivity index (χ0v) is 17.3. The number of carbonyl (C=O) groups is 2. The highest BCUT2D eigenvalue weighted by Gasteiger charge is 2.43. The molecule has 31 heavy (non-hydrogen) atoms. The molecule has 5 rings (SSSR count). The zero-order valence-electron chi connectivity index (χ0n) is 16.5. The van der Waals surface area contributed by atoms with E-state index in [0.717, 1.165) is 29.0 Å². The molecule has 0 atom stereocenters. The number of benzene rings is 3. The van der Waals surface area contributed by atoms with Gasteiger partial charge in [-0.2, -0.15) is 0 Å². The topological polar surface area (TPSA) is 40.6 Å².